The van der Waals surface area contributed by atoms with E-state index >= 15 is 0 Å². The molecule has 2 heterocycles. The van der Waals surface area contributed by atoms with Crippen LogP contribution in [0.3, 0.4) is 0 Å². The molecule has 0 saturated heterocycles. The Bertz CT molecular complexity index is 1830. The van der Waals surface area contributed by atoms with Crippen molar-refractivity contribution in [2.75, 3.05) is 0 Å². The van der Waals surface area contributed by atoms with Crippen LogP contribution in [0.1, 0.15) is 45.2 Å². The summed E-state index contributed by atoms with van der Waals surface area (Å²) in [6.45, 7) is 7.21. The predicted molar refractivity (Wildman–Crippen MR) is 149 cm³/mol. The van der Waals surface area contributed by atoms with Crippen LogP contribution in [0.15, 0.2) is 83.6 Å². The molecule has 2 aromatic carbocycles. The number of allylic oxidation sites excluding steroid dienone is 2. The van der Waals surface area contributed by atoms with Gasteiger partial charge in [0.15, 0.2) is 0 Å². The fourth-order valence-electron chi connectivity index (χ4n) is 5.21. The quantitative estimate of drug-likeness (QED) is 0.217. The fraction of sp³-hybridized carbons (Fsp3) is 0.0714. The summed E-state index contributed by atoms with van der Waals surface area (Å²) >= 11 is 0. The van der Waals surface area contributed by atoms with E-state index in [0.717, 1.165) is 0 Å². The number of hydrogen-bond donors (Lipinski definition) is 4. The van der Waals surface area contributed by atoms with Gasteiger partial charge in [-0.25, -0.2) is 0 Å². The van der Waals surface area contributed by atoms with Gasteiger partial charge in [-0.05, 0) is 35.4 Å². The zero-order valence-corrected chi connectivity index (χ0v) is 23.1. The van der Waals surface area contributed by atoms with Gasteiger partial charge in [0.05, 0.1) is 0 Å². The van der Waals surface area contributed by atoms with Crippen LogP contribution < -0.4 is 8.57 Å². The van der Waals surface area contributed by atoms with E-state index in [4.69, 9.17) is 8.57 Å². The van der Waals surface area contributed by atoms with Gasteiger partial charge in [-0.1, -0.05) is 71.2 Å². The highest BCUT2D eigenvalue weighted by molar-refractivity contribution is 7.87. The third kappa shape index (κ3) is 3.87. The van der Waals surface area contributed by atoms with Gasteiger partial charge in [0.2, 0.25) is 23.5 Å². The molecule has 3 aliphatic carbocycles. The van der Waals surface area contributed by atoms with Gasteiger partial charge in [0.1, 0.15) is 9.79 Å². The molecule has 0 saturated carbocycles. The third-order valence-corrected chi connectivity index (χ3v) is 9.60. The van der Waals surface area contributed by atoms with Crippen molar-refractivity contribution in [2.24, 2.45) is 0 Å². The summed E-state index contributed by atoms with van der Waals surface area (Å²) in [5.41, 5.74) is 1.26. The van der Waals surface area contributed by atoms with Crippen LogP contribution in [-0.2, 0) is 20.2 Å². The van der Waals surface area contributed by atoms with E-state index in [1.807, 2.05) is 0 Å². The summed E-state index contributed by atoms with van der Waals surface area (Å²) in [6, 6.07) is 11.0. The van der Waals surface area contributed by atoms with E-state index in [1.54, 1.807) is 0 Å². The molecule has 0 fully saturated rings. The fourth-order valence-corrected chi connectivity index (χ4v) is 6.99. The van der Waals surface area contributed by atoms with Gasteiger partial charge < -0.3 is 20.4 Å². The third-order valence-electron chi connectivity index (χ3n) is 7.21. The van der Waals surface area contributed by atoms with Gasteiger partial charge in [0, 0.05) is 34.1 Å². The summed E-state index contributed by atoms with van der Waals surface area (Å²) in [7, 11) is -9.06. The average Bonchev–Trinajstić information content (AvgIpc) is 3.39. The molecular weight excluding hydrogens is 588 g/mol. The molecule has 2 aromatic heterocycles. The van der Waals surface area contributed by atoms with Gasteiger partial charge in [-0.2, -0.15) is 16.8 Å². The van der Waals surface area contributed by atoms with Crippen molar-refractivity contribution in [3.8, 4) is 23.5 Å². The van der Waals surface area contributed by atoms with Crippen molar-refractivity contribution in [1.29, 1.82) is 0 Å². The Morgan fingerprint density at radius 3 is 1.12 bits per heavy atom. The normalized spacial score (nSPS) is 17.0. The van der Waals surface area contributed by atoms with Crippen molar-refractivity contribution in [1.82, 2.24) is 9.46 Å². The van der Waals surface area contributed by atoms with Gasteiger partial charge in [-0.15, -0.1) is 0 Å². The lowest BCUT2D eigenvalue weighted by Gasteiger charge is -2.30. The predicted octanol–water partition coefficient (Wildman–Crippen LogP) is 3.18. The molecule has 0 unspecified atom stereocenters. The molecule has 14 heteroatoms. The highest BCUT2D eigenvalue weighted by atomic mass is 32.2. The van der Waals surface area contributed by atoms with E-state index < -0.39 is 55.6 Å². The molecule has 0 aliphatic heterocycles. The van der Waals surface area contributed by atoms with Crippen LogP contribution in [-0.4, -0.2) is 46.7 Å². The molecule has 12 nitrogen and oxygen atoms in total. The minimum Gasteiger partial charge on any atom is -0.492 e. The summed E-state index contributed by atoms with van der Waals surface area (Å²) < 4.78 is 62.6. The smallest absolute Gasteiger partial charge is 0.357 e. The van der Waals surface area contributed by atoms with Crippen LogP contribution in [0.2, 0.25) is 0 Å². The van der Waals surface area contributed by atoms with Crippen LogP contribution in [0.4, 0.5) is 0 Å². The van der Waals surface area contributed by atoms with Crippen LogP contribution in [0, 0.1) is 0 Å². The SMILES string of the molecule is C=Cc1ccc(S(=O)(=O)On2c(O)c3c(c2O)C2C=CC3c3c2c(O)n(OS(=O)(=O)c2ccc(C=C)cc2)c3O)cc1. The maximum absolute atomic E-state index is 12.9. The standard InChI is InChI=1S/C28H22N2O10S2/c1-3-15-5-9-17(10-6-15)41(35,36)39-29-25(31)21-19-13-14-20(22(21)26(29)32)24-23(19)27(33)30(28(24)34)40-42(37,38)18-11-7-16(4-2)8-12-18/h3-14,19-20,31-34H,1-2H2. The first-order valence-corrected chi connectivity index (χ1v) is 15.1. The van der Waals surface area contributed by atoms with Crippen molar-refractivity contribution >= 4 is 32.4 Å². The van der Waals surface area contributed by atoms with Gasteiger partial charge >= 0.3 is 20.2 Å². The number of aromatic nitrogens is 2. The summed E-state index contributed by atoms with van der Waals surface area (Å²) in [6.07, 6.45) is 6.11. The Labute approximate surface area is 239 Å². The van der Waals surface area contributed by atoms with E-state index in [2.05, 4.69) is 13.2 Å². The Kier molecular flexibility index (Phi) is 5.95. The second kappa shape index (κ2) is 9.22. The monoisotopic (exact) mass is 610 g/mol. The minimum atomic E-state index is -4.53. The second-order valence-corrected chi connectivity index (χ2v) is 12.5. The molecule has 4 aromatic rings. The highest BCUT2D eigenvalue weighted by Gasteiger charge is 2.48. The first-order valence-electron chi connectivity index (χ1n) is 12.3. The molecular formula is C28H22N2O10S2. The van der Waals surface area contributed by atoms with Crippen LogP contribution in [0.25, 0.3) is 12.2 Å². The molecule has 216 valence electrons. The van der Waals surface area contributed by atoms with Crippen molar-refractivity contribution in [3.05, 3.63) is 107 Å². The lowest BCUT2D eigenvalue weighted by molar-refractivity contribution is 0.199. The zero-order valence-electron chi connectivity index (χ0n) is 21.4. The summed E-state index contributed by atoms with van der Waals surface area (Å²) in [4.78, 5) is -0.518. The lowest BCUT2D eigenvalue weighted by atomic mass is 9.70. The molecule has 0 spiro atoms. The maximum Gasteiger partial charge on any atom is 0.357 e. The number of benzene rings is 2. The maximum atomic E-state index is 12.9. The number of rotatable bonds is 8. The number of hydrogen-bond acceptors (Lipinski definition) is 10. The first-order chi connectivity index (χ1) is 19.9. The Balaban J connectivity index is 1.39. The Morgan fingerprint density at radius 2 is 0.857 bits per heavy atom. The Morgan fingerprint density at radius 1 is 0.571 bits per heavy atom. The number of nitrogens with zero attached hydrogens (tertiary/aromatic N) is 2. The van der Waals surface area contributed by atoms with Gasteiger partial charge in [-0.3, -0.25) is 8.57 Å². The molecule has 7 rings (SSSR count). The van der Waals surface area contributed by atoms with Crippen molar-refractivity contribution < 1.29 is 45.8 Å². The molecule has 0 amide bonds. The zero-order chi connectivity index (χ0) is 30.1. The molecule has 2 bridgehead atoms. The molecule has 0 radical (unpaired) electrons. The van der Waals surface area contributed by atoms with Crippen molar-refractivity contribution in [3.63, 3.8) is 0 Å². The average molecular weight is 611 g/mol. The summed E-state index contributed by atoms with van der Waals surface area (Å²) in [5.74, 6) is -5.20. The minimum absolute atomic E-state index is 0.0139. The number of aromatic hydroxyl groups is 4. The van der Waals surface area contributed by atoms with Crippen molar-refractivity contribution in [2.45, 2.75) is 21.6 Å². The first kappa shape index (κ1) is 27.1. The van der Waals surface area contributed by atoms with E-state index in [9.17, 15) is 37.3 Å². The topological polar surface area (TPSA) is 178 Å². The molecule has 42 heavy (non-hydrogen) atoms. The molecule has 4 N–H and O–H groups in total. The van der Waals surface area contributed by atoms with Crippen LogP contribution in [0.5, 0.6) is 23.5 Å². The van der Waals surface area contributed by atoms with E-state index in [0.29, 0.717) is 20.6 Å². The van der Waals surface area contributed by atoms with Crippen LogP contribution >= 0.6 is 0 Å². The highest BCUT2D eigenvalue weighted by Crippen LogP contribution is 2.60. The molecule has 3 aliphatic rings. The molecule has 0 atom stereocenters. The lowest BCUT2D eigenvalue weighted by Crippen LogP contribution is -2.20. The second-order valence-electron chi connectivity index (χ2n) is 9.48. The van der Waals surface area contributed by atoms with Gasteiger partial charge in [0.25, 0.3) is 0 Å². The largest absolute Gasteiger partial charge is 0.492 e. The van der Waals surface area contributed by atoms with E-state index in [1.165, 1.54) is 72.8 Å². The summed E-state index contributed by atoms with van der Waals surface area (Å²) in [5, 5.41) is 44.1. The Hall–Kier alpha value is -5.08. The van der Waals surface area contributed by atoms with E-state index in [-0.39, 0.29) is 32.0 Å².